The van der Waals surface area contributed by atoms with Crippen molar-refractivity contribution in [2.45, 2.75) is 59.2 Å². The van der Waals surface area contributed by atoms with Crippen LogP contribution in [0.5, 0.6) is 0 Å². The van der Waals surface area contributed by atoms with Gasteiger partial charge in [0.25, 0.3) is 0 Å². The predicted octanol–water partition coefficient (Wildman–Crippen LogP) is 2.84. The highest BCUT2D eigenvalue weighted by Crippen LogP contribution is 2.23. The molecule has 0 aliphatic carbocycles. The Kier molecular flexibility index (Phi) is 7.39. The van der Waals surface area contributed by atoms with E-state index in [1.807, 2.05) is 39.1 Å². The highest BCUT2D eigenvalue weighted by Gasteiger charge is 2.23. The van der Waals surface area contributed by atoms with Crippen LogP contribution >= 0.6 is 0 Å². The molecule has 2 amide bonds. The lowest BCUT2D eigenvalue weighted by Crippen LogP contribution is -2.44. The average Bonchev–Trinajstić information content (AvgIpc) is 3.09. The third-order valence-electron chi connectivity index (χ3n) is 5.15. The minimum absolute atomic E-state index is 0.0355. The Morgan fingerprint density at radius 3 is 2.63 bits per heavy atom. The van der Waals surface area contributed by atoms with Crippen LogP contribution in [-0.2, 0) is 16.1 Å². The van der Waals surface area contributed by atoms with Crippen LogP contribution in [0.2, 0.25) is 0 Å². The summed E-state index contributed by atoms with van der Waals surface area (Å²) in [6.45, 7) is 13.6. The Bertz CT molecular complexity index is 657. The lowest BCUT2D eigenvalue weighted by atomic mass is 10.2. The molecule has 1 unspecified atom stereocenters. The highest BCUT2D eigenvalue weighted by atomic mass is 16.2. The zero-order valence-electron chi connectivity index (χ0n) is 17.0. The molecule has 0 radical (unpaired) electrons. The first-order valence-corrected chi connectivity index (χ1v) is 9.79. The first kappa shape index (κ1) is 20.9. The van der Waals surface area contributed by atoms with Crippen LogP contribution in [0, 0.1) is 0 Å². The number of amides is 2. The van der Waals surface area contributed by atoms with E-state index in [9.17, 15) is 9.59 Å². The number of carbonyl (C=O) groups is 2. The van der Waals surface area contributed by atoms with E-state index in [1.165, 1.54) is 23.8 Å². The number of hydrogen-bond acceptors (Lipinski definition) is 4. The van der Waals surface area contributed by atoms with Gasteiger partial charge < -0.3 is 14.7 Å². The van der Waals surface area contributed by atoms with Crippen molar-refractivity contribution in [3.05, 3.63) is 36.5 Å². The number of likely N-dealkylation sites (N-methyl/N-ethyl adjacent to an activating group) is 1. The van der Waals surface area contributed by atoms with Gasteiger partial charge in [0.2, 0.25) is 11.8 Å². The fourth-order valence-electron chi connectivity index (χ4n) is 3.44. The summed E-state index contributed by atoms with van der Waals surface area (Å²) < 4.78 is 0. The smallest absolute Gasteiger partial charge is 0.246 e. The number of carbonyl (C=O) groups excluding carboxylic acids is 2. The third-order valence-corrected chi connectivity index (χ3v) is 5.15. The van der Waals surface area contributed by atoms with Crippen LogP contribution in [0.1, 0.15) is 46.1 Å². The number of nitrogens with zero attached hydrogens (tertiary/aromatic N) is 4. The van der Waals surface area contributed by atoms with Gasteiger partial charge in [0.05, 0.1) is 0 Å². The van der Waals surface area contributed by atoms with Gasteiger partial charge in [-0.1, -0.05) is 12.6 Å². The number of aromatic nitrogens is 1. The zero-order valence-corrected chi connectivity index (χ0v) is 17.0. The molecule has 0 spiro atoms. The summed E-state index contributed by atoms with van der Waals surface area (Å²) in [5.41, 5.74) is 0.991. The minimum Gasteiger partial charge on any atom is -0.354 e. The maximum absolute atomic E-state index is 12.8. The van der Waals surface area contributed by atoms with Crippen LogP contribution in [-0.4, -0.2) is 58.3 Å². The largest absolute Gasteiger partial charge is 0.354 e. The van der Waals surface area contributed by atoms with Crippen molar-refractivity contribution in [2.75, 3.05) is 24.5 Å². The molecule has 0 bridgehead atoms. The van der Waals surface area contributed by atoms with Crippen LogP contribution in [0.3, 0.4) is 0 Å². The van der Waals surface area contributed by atoms with Gasteiger partial charge in [-0.15, -0.1) is 0 Å². The van der Waals surface area contributed by atoms with E-state index >= 15 is 0 Å². The molecule has 0 N–H and O–H groups in total. The molecular weight excluding hydrogens is 340 g/mol. The second-order valence-electron chi connectivity index (χ2n) is 7.38. The van der Waals surface area contributed by atoms with E-state index in [4.69, 9.17) is 0 Å². The molecule has 1 aromatic rings. The van der Waals surface area contributed by atoms with Crippen LogP contribution in [0.15, 0.2) is 31.0 Å². The molecule has 27 heavy (non-hydrogen) atoms. The van der Waals surface area contributed by atoms with E-state index in [-0.39, 0.29) is 24.4 Å². The summed E-state index contributed by atoms with van der Waals surface area (Å²) in [5.74, 6) is 0.708. The van der Waals surface area contributed by atoms with Crippen molar-refractivity contribution < 1.29 is 9.59 Å². The fraction of sp³-hybridized carbons (Fsp3) is 0.571. The molecule has 0 aromatic carbocycles. The molecule has 0 saturated carbocycles. The maximum atomic E-state index is 12.8. The average molecular weight is 373 g/mol. The van der Waals surface area contributed by atoms with Gasteiger partial charge in [0.15, 0.2) is 0 Å². The second kappa shape index (κ2) is 9.53. The molecule has 1 atom stereocenters. The topological polar surface area (TPSA) is 56.8 Å². The highest BCUT2D eigenvalue weighted by molar-refractivity contribution is 5.90. The molecule has 1 fully saturated rings. The Labute approximate surface area is 162 Å². The van der Waals surface area contributed by atoms with E-state index in [2.05, 4.69) is 23.4 Å². The van der Waals surface area contributed by atoms with Crippen molar-refractivity contribution >= 4 is 17.6 Å². The molecule has 2 heterocycles. The Balaban J connectivity index is 2.05. The molecular formula is C21H32N4O2. The van der Waals surface area contributed by atoms with Crippen molar-refractivity contribution in [3.8, 4) is 0 Å². The number of hydrogen-bond donors (Lipinski definition) is 0. The molecule has 6 heteroatoms. The van der Waals surface area contributed by atoms with Gasteiger partial charge in [0, 0.05) is 37.9 Å². The first-order valence-electron chi connectivity index (χ1n) is 9.79. The maximum Gasteiger partial charge on any atom is 0.246 e. The predicted molar refractivity (Wildman–Crippen MR) is 108 cm³/mol. The van der Waals surface area contributed by atoms with Gasteiger partial charge in [-0.2, -0.15) is 0 Å². The van der Waals surface area contributed by atoms with Crippen LogP contribution < -0.4 is 4.90 Å². The second-order valence-corrected chi connectivity index (χ2v) is 7.38. The summed E-state index contributed by atoms with van der Waals surface area (Å²) in [7, 11) is 0. The van der Waals surface area contributed by atoms with Gasteiger partial charge >= 0.3 is 0 Å². The molecule has 1 aromatic heterocycles. The minimum atomic E-state index is -0.222. The van der Waals surface area contributed by atoms with Crippen molar-refractivity contribution in [3.63, 3.8) is 0 Å². The van der Waals surface area contributed by atoms with Gasteiger partial charge in [0.1, 0.15) is 12.4 Å². The number of pyridine rings is 1. The Morgan fingerprint density at radius 2 is 2.15 bits per heavy atom. The first-order chi connectivity index (χ1) is 12.9. The molecule has 1 saturated heterocycles. The summed E-state index contributed by atoms with van der Waals surface area (Å²) in [5, 5.41) is 0. The quantitative estimate of drug-likeness (QED) is 0.659. The molecule has 2 rings (SSSR count). The lowest BCUT2D eigenvalue weighted by molar-refractivity contribution is -0.139. The number of rotatable bonds is 8. The molecule has 1 aliphatic heterocycles. The summed E-state index contributed by atoms with van der Waals surface area (Å²) in [4.78, 5) is 34.8. The fourth-order valence-corrected chi connectivity index (χ4v) is 3.44. The number of anilines is 1. The van der Waals surface area contributed by atoms with Crippen LogP contribution in [0.4, 0.5) is 5.82 Å². The summed E-state index contributed by atoms with van der Waals surface area (Å²) in [6, 6.07) is 4.65. The van der Waals surface area contributed by atoms with Crippen molar-refractivity contribution in [1.82, 2.24) is 14.8 Å². The van der Waals surface area contributed by atoms with Gasteiger partial charge in [-0.25, -0.2) is 4.98 Å². The Morgan fingerprint density at radius 1 is 1.41 bits per heavy atom. The molecule has 1 aliphatic rings. The van der Waals surface area contributed by atoms with Crippen molar-refractivity contribution in [1.29, 1.82) is 0 Å². The standard InChI is InChI=1S/C21H32N4O2/c1-6-20(26)23(7-2)15-21(27)25(16(3)4)14-18-10-11-19(22-13-18)24-12-8-9-17(24)5/h6,10-11,13,16-17H,1,7-9,12,14-15H2,2-5H3. The van der Waals surface area contributed by atoms with Gasteiger partial charge in [-0.3, -0.25) is 9.59 Å². The van der Waals surface area contributed by atoms with Crippen molar-refractivity contribution in [2.24, 2.45) is 0 Å². The van der Waals surface area contributed by atoms with Crippen LogP contribution in [0.25, 0.3) is 0 Å². The van der Waals surface area contributed by atoms with Gasteiger partial charge in [-0.05, 0) is 58.2 Å². The third kappa shape index (κ3) is 5.31. The summed E-state index contributed by atoms with van der Waals surface area (Å²) in [6.07, 6.45) is 5.52. The molecule has 148 valence electrons. The summed E-state index contributed by atoms with van der Waals surface area (Å²) >= 11 is 0. The van der Waals surface area contributed by atoms with E-state index in [1.54, 1.807) is 4.90 Å². The Hall–Kier alpha value is -2.37. The SMILES string of the molecule is C=CC(=O)N(CC)CC(=O)N(Cc1ccc(N2CCCC2C)nc1)C(C)C. The zero-order chi connectivity index (χ0) is 20.0. The monoisotopic (exact) mass is 372 g/mol. The lowest BCUT2D eigenvalue weighted by Gasteiger charge is -2.30. The van der Waals surface area contributed by atoms with E-state index in [0.29, 0.717) is 19.1 Å². The normalized spacial score (nSPS) is 16.5. The molecule has 6 nitrogen and oxygen atoms in total. The van der Waals surface area contributed by atoms with E-state index < -0.39 is 0 Å². The van der Waals surface area contributed by atoms with E-state index in [0.717, 1.165) is 17.9 Å².